The number of rotatable bonds is 8. The summed E-state index contributed by atoms with van der Waals surface area (Å²) in [6.45, 7) is 3.25. The van der Waals surface area contributed by atoms with Crippen molar-refractivity contribution in [3.05, 3.63) is 24.3 Å². The first-order valence-electron chi connectivity index (χ1n) is 8.03. The van der Waals surface area contributed by atoms with Crippen molar-refractivity contribution in [1.29, 1.82) is 0 Å². The number of ether oxygens (including phenoxy) is 2. The molecule has 1 unspecified atom stereocenters. The molecule has 1 aromatic rings. The van der Waals surface area contributed by atoms with E-state index in [4.69, 9.17) is 15.2 Å². The van der Waals surface area contributed by atoms with E-state index in [9.17, 15) is 4.79 Å². The molecule has 2 rings (SSSR count). The molecule has 3 atom stereocenters. The monoisotopic (exact) mass is 338 g/mol. The zero-order valence-electron chi connectivity index (χ0n) is 13.8. The molecule has 128 valence electrons. The third-order valence-corrected chi connectivity index (χ3v) is 5.26. The van der Waals surface area contributed by atoms with E-state index < -0.39 is 0 Å². The van der Waals surface area contributed by atoms with Crippen molar-refractivity contribution < 1.29 is 14.3 Å². The smallest absolute Gasteiger partial charge is 0.249 e. The van der Waals surface area contributed by atoms with Crippen LogP contribution < -0.4 is 15.8 Å². The molecule has 1 fully saturated rings. The second-order valence-electron chi connectivity index (χ2n) is 5.87. The predicted octanol–water partition coefficient (Wildman–Crippen LogP) is 2.05. The predicted molar refractivity (Wildman–Crippen MR) is 92.8 cm³/mol. The van der Waals surface area contributed by atoms with Crippen LogP contribution in [-0.4, -0.2) is 44.1 Å². The number of methoxy groups -OCH3 is 1. The molecular weight excluding hydrogens is 312 g/mol. The molecule has 5 nitrogen and oxygen atoms in total. The Hall–Kier alpha value is -1.24. The summed E-state index contributed by atoms with van der Waals surface area (Å²) in [6, 6.07) is 7.97. The van der Waals surface area contributed by atoms with Crippen LogP contribution in [0.4, 0.5) is 0 Å². The summed E-state index contributed by atoms with van der Waals surface area (Å²) in [5.41, 5.74) is 5.57. The van der Waals surface area contributed by atoms with Crippen LogP contribution in [0.5, 0.6) is 5.75 Å². The number of hydrogen-bond donors (Lipinski definition) is 2. The molecule has 6 heteroatoms. The zero-order valence-corrected chi connectivity index (χ0v) is 14.6. The highest BCUT2D eigenvalue weighted by molar-refractivity contribution is 7.99. The van der Waals surface area contributed by atoms with Crippen LogP contribution in [0.25, 0.3) is 0 Å². The molecule has 1 aliphatic rings. The Morgan fingerprint density at radius 3 is 2.96 bits per heavy atom. The first-order chi connectivity index (χ1) is 11.1. The maximum atomic E-state index is 12.1. The van der Waals surface area contributed by atoms with Crippen LogP contribution in [0.2, 0.25) is 0 Å². The van der Waals surface area contributed by atoms with Crippen molar-refractivity contribution in [2.45, 2.75) is 36.9 Å². The molecule has 0 radical (unpaired) electrons. The van der Waals surface area contributed by atoms with E-state index in [1.165, 1.54) is 0 Å². The van der Waals surface area contributed by atoms with Gasteiger partial charge in [0, 0.05) is 23.7 Å². The molecule has 3 N–H and O–H groups in total. The van der Waals surface area contributed by atoms with Crippen molar-refractivity contribution in [2.75, 3.05) is 26.0 Å². The maximum absolute atomic E-state index is 12.1. The minimum absolute atomic E-state index is 0.0184. The molecule has 1 saturated heterocycles. The number of para-hydroxylation sites is 1. The molecule has 1 aliphatic heterocycles. The number of benzene rings is 1. The minimum atomic E-state index is -0.336. The van der Waals surface area contributed by atoms with Gasteiger partial charge in [-0.25, -0.2) is 0 Å². The molecule has 1 aromatic carbocycles. The van der Waals surface area contributed by atoms with Crippen LogP contribution in [0.3, 0.4) is 0 Å². The van der Waals surface area contributed by atoms with Crippen LogP contribution >= 0.6 is 11.8 Å². The van der Waals surface area contributed by atoms with Gasteiger partial charge >= 0.3 is 0 Å². The lowest BCUT2D eigenvalue weighted by Crippen LogP contribution is -2.38. The van der Waals surface area contributed by atoms with Gasteiger partial charge in [0.25, 0.3) is 0 Å². The fraction of sp³-hybridized carbons (Fsp3) is 0.588. The van der Waals surface area contributed by atoms with Gasteiger partial charge < -0.3 is 20.5 Å². The molecule has 0 bridgehead atoms. The fourth-order valence-corrected chi connectivity index (χ4v) is 3.54. The Kier molecular flexibility index (Phi) is 7.20. The summed E-state index contributed by atoms with van der Waals surface area (Å²) in [5.74, 6) is 2.15. The van der Waals surface area contributed by atoms with Crippen molar-refractivity contribution in [2.24, 2.45) is 11.7 Å². The van der Waals surface area contributed by atoms with Crippen LogP contribution in [0.15, 0.2) is 29.2 Å². The van der Waals surface area contributed by atoms with Crippen molar-refractivity contribution in [3.63, 3.8) is 0 Å². The standard InChI is InChI=1S/C17H26N2O3S/c1-12(11-23-16-6-4-3-5-14(16)21-2)10-19-17(20)15-8-7-13(9-18)22-15/h3-6,12-13,15H,7-11,18H2,1-2H3,(H,19,20)/t12?,13-,15+/m1/s1. The number of amides is 1. The number of carbonyl (C=O) groups excluding carboxylic acids is 1. The van der Waals surface area contributed by atoms with E-state index in [0.717, 1.165) is 29.2 Å². The van der Waals surface area contributed by atoms with Gasteiger partial charge in [-0.3, -0.25) is 4.79 Å². The quantitative estimate of drug-likeness (QED) is 0.710. The van der Waals surface area contributed by atoms with Crippen molar-refractivity contribution >= 4 is 17.7 Å². The first-order valence-corrected chi connectivity index (χ1v) is 9.01. The molecule has 0 aromatic heterocycles. The van der Waals surface area contributed by atoms with Gasteiger partial charge in [-0.2, -0.15) is 0 Å². The number of thioether (sulfide) groups is 1. The SMILES string of the molecule is COc1ccccc1SCC(C)CNC(=O)[C@@H]1CC[C@H](CN)O1. The molecule has 1 amide bonds. The van der Waals surface area contributed by atoms with Gasteiger partial charge in [0.1, 0.15) is 11.9 Å². The number of carbonyl (C=O) groups is 1. The second kappa shape index (κ2) is 9.15. The van der Waals surface area contributed by atoms with E-state index in [-0.39, 0.29) is 18.1 Å². The second-order valence-corrected chi connectivity index (χ2v) is 6.93. The normalized spacial score (nSPS) is 21.9. The average Bonchev–Trinajstić information content (AvgIpc) is 3.07. The van der Waals surface area contributed by atoms with Gasteiger partial charge in [-0.15, -0.1) is 11.8 Å². The fourth-order valence-electron chi connectivity index (χ4n) is 2.49. The first kappa shape index (κ1) is 18.1. The molecule has 0 saturated carbocycles. The van der Waals surface area contributed by atoms with Gasteiger partial charge in [-0.1, -0.05) is 19.1 Å². The lowest BCUT2D eigenvalue weighted by Gasteiger charge is -2.16. The Bertz CT molecular complexity index is 512. The molecular formula is C17H26N2O3S. The van der Waals surface area contributed by atoms with Crippen molar-refractivity contribution in [1.82, 2.24) is 5.32 Å². The third kappa shape index (κ3) is 5.41. The topological polar surface area (TPSA) is 73.6 Å². The Morgan fingerprint density at radius 2 is 2.26 bits per heavy atom. The molecule has 0 spiro atoms. The number of nitrogens with two attached hydrogens (primary N) is 1. The average molecular weight is 338 g/mol. The summed E-state index contributed by atoms with van der Waals surface area (Å²) < 4.78 is 11.0. The summed E-state index contributed by atoms with van der Waals surface area (Å²) in [6.07, 6.45) is 1.33. The van der Waals surface area contributed by atoms with Crippen molar-refractivity contribution in [3.8, 4) is 5.75 Å². The summed E-state index contributed by atoms with van der Waals surface area (Å²) in [7, 11) is 1.68. The summed E-state index contributed by atoms with van der Waals surface area (Å²) >= 11 is 1.74. The summed E-state index contributed by atoms with van der Waals surface area (Å²) in [4.78, 5) is 13.2. The summed E-state index contributed by atoms with van der Waals surface area (Å²) in [5, 5.41) is 2.98. The van der Waals surface area contributed by atoms with E-state index in [1.807, 2.05) is 24.3 Å². The zero-order chi connectivity index (χ0) is 16.7. The lowest BCUT2D eigenvalue weighted by molar-refractivity contribution is -0.131. The Morgan fingerprint density at radius 1 is 1.48 bits per heavy atom. The van der Waals surface area contributed by atoms with E-state index in [1.54, 1.807) is 18.9 Å². The van der Waals surface area contributed by atoms with Gasteiger partial charge in [0.15, 0.2) is 0 Å². The highest BCUT2D eigenvalue weighted by Gasteiger charge is 2.29. The number of hydrogen-bond acceptors (Lipinski definition) is 5. The number of nitrogens with one attached hydrogen (secondary N) is 1. The maximum Gasteiger partial charge on any atom is 0.249 e. The highest BCUT2D eigenvalue weighted by Crippen LogP contribution is 2.29. The highest BCUT2D eigenvalue weighted by atomic mass is 32.2. The van der Waals surface area contributed by atoms with E-state index in [0.29, 0.717) is 19.0 Å². The molecule has 1 heterocycles. The van der Waals surface area contributed by atoms with E-state index in [2.05, 4.69) is 12.2 Å². The minimum Gasteiger partial charge on any atom is -0.496 e. The Balaban J connectivity index is 1.71. The molecule has 23 heavy (non-hydrogen) atoms. The van der Waals surface area contributed by atoms with Crippen LogP contribution in [0.1, 0.15) is 19.8 Å². The third-order valence-electron chi connectivity index (χ3n) is 3.88. The van der Waals surface area contributed by atoms with Gasteiger partial charge in [0.2, 0.25) is 5.91 Å². The van der Waals surface area contributed by atoms with Gasteiger partial charge in [0.05, 0.1) is 13.2 Å². The largest absolute Gasteiger partial charge is 0.496 e. The van der Waals surface area contributed by atoms with E-state index >= 15 is 0 Å². The van der Waals surface area contributed by atoms with Gasteiger partial charge in [-0.05, 0) is 30.9 Å². The Labute approximate surface area is 142 Å². The van der Waals surface area contributed by atoms with Crippen LogP contribution in [-0.2, 0) is 9.53 Å². The van der Waals surface area contributed by atoms with Crippen LogP contribution in [0, 0.1) is 5.92 Å². The molecule has 0 aliphatic carbocycles. The lowest BCUT2D eigenvalue weighted by atomic mass is 10.1.